The lowest BCUT2D eigenvalue weighted by Gasteiger charge is -2.17. The lowest BCUT2D eigenvalue weighted by atomic mass is 9.95. The van der Waals surface area contributed by atoms with E-state index in [1.165, 1.54) is 12.1 Å². The van der Waals surface area contributed by atoms with E-state index in [1.54, 1.807) is 0 Å². The lowest BCUT2D eigenvalue weighted by molar-refractivity contribution is 0.233. The van der Waals surface area contributed by atoms with Gasteiger partial charge in [-0.25, -0.2) is 13.6 Å². The number of hydrogen-bond donors (Lipinski definition) is 3. The third-order valence-corrected chi connectivity index (χ3v) is 3.34. The topological polar surface area (TPSA) is 61.4 Å². The molecule has 6 heteroatoms. The maximum absolute atomic E-state index is 13.7. The second-order valence-electron chi connectivity index (χ2n) is 4.74. The second kappa shape index (κ2) is 5.52. The molecule has 0 heterocycles. The summed E-state index contributed by atoms with van der Waals surface area (Å²) in [6.45, 7) is 0.335. The van der Waals surface area contributed by atoms with E-state index in [-0.39, 0.29) is 13.2 Å². The molecule has 1 saturated carbocycles. The fourth-order valence-corrected chi connectivity index (χ4v) is 2.09. The van der Waals surface area contributed by atoms with Gasteiger partial charge in [0.15, 0.2) is 0 Å². The van der Waals surface area contributed by atoms with Crippen LogP contribution in [0.5, 0.6) is 0 Å². The van der Waals surface area contributed by atoms with Crippen LogP contribution in [0.4, 0.5) is 13.6 Å². The van der Waals surface area contributed by atoms with Crippen molar-refractivity contribution in [3.63, 3.8) is 0 Å². The number of carbonyl (C=O) groups is 1. The Labute approximate surface area is 109 Å². The van der Waals surface area contributed by atoms with Gasteiger partial charge < -0.3 is 15.7 Å². The van der Waals surface area contributed by atoms with Gasteiger partial charge in [-0.3, -0.25) is 0 Å². The summed E-state index contributed by atoms with van der Waals surface area (Å²) in [5.74, 6) is -1.18. The molecule has 4 nitrogen and oxygen atoms in total. The molecule has 2 amide bonds. The zero-order valence-electron chi connectivity index (χ0n) is 10.4. The van der Waals surface area contributed by atoms with Crippen LogP contribution in [0.2, 0.25) is 0 Å². The van der Waals surface area contributed by atoms with Crippen molar-refractivity contribution in [2.24, 2.45) is 0 Å². The molecule has 0 bridgehead atoms. The predicted molar refractivity (Wildman–Crippen MR) is 65.8 cm³/mol. The van der Waals surface area contributed by atoms with Crippen LogP contribution in [0.1, 0.15) is 18.4 Å². The third kappa shape index (κ3) is 3.20. The van der Waals surface area contributed by atoms with E-state index < -0.39 is 23.1 Å². The minimum Gasteiger partial charge on any atom is -0.395 e. The van der Waals surface area contributed by atoms with Gasteiger partial charge in [0.05, 0.1) is 6.61 Å². The largest absolute Gasteiger partial charge is 0.395 e. The summed E-state index contributed by atoms with van der Waals surface area (Å²) in [4.78, 5) is 11.4. The summed E-state index contributed by atoms with van der Waals surface area (Å²) >= 11 is 0. The molecule has 0 aliphatic heterocycles. The highest BCUT2D eigenvalue weighted by Gasteiger charge is 2.46. The highest BCUT2D eigenvalue weighted by Crippen LogP contribution is 2.48. The molecule has 0 atom stereocenters. The third-order valence-electron chi connectivity index (χ3n) is 3.34. The first kappa shape index (κ1) is 13.7. The standard InChI is InChI=1S/C13H16F2N2O2/c14-9-1-2-10(11(15)7-9)13(3-4-13)8-17-12(19)16-5-6-18/h1-2,7,18H,3-6,8H2,(H2,16,17,19). The Morgan fingerprint density at radius 3 is 2.63 bits per heavy atom. The van der Waals surface area contributed by atoms with Crippen molar-refractivity contribution >= 4 is 6.03 Å². The van der Waals surface area contributed by atoms with Crippen LogP contribution in [-0.2, 0) is 5.41 Å². The quantitative estimate of drug-likeness (QED) is 0.755. The average Bonchev–Trinajstić information content (AvgIpc) is 3.15. The highest BCUT2D eigenvalue weighted by molar-refractivity contribution is 5.74. The molecule has 2 rings (SSSR count). The molecule has 1 aromatic rings. The van der Waals surface area contributed by atoms with Crippen molar-refractivity contribution in [3.8, 4) is 0 Å². The van der Waals surface area contributed by atoms with Crippen molar-refractivity contribution in [2.75, 3.05) is 19.7 Å². The van der Waals surface area contributed by atoms with Crippen LogP contribution < -0.4 is 10.6 Å². The van der Waals surface area contributed by atoms with Crippen LogP contribution in [-0.4, -0.2) is 30.8 Å². The Hall–Kier alpha value is -1.69. The van der Waals surface area contributed by atoms with Gasteiger partial charge in [-0.2, -0.15) is 0 Å². The monoisotopic (exact) mass is 270 g/mol. The lowest BCUT2D eigenvalue weighted by Crippen LogP contribution is -2.41. The molecule has 1 aromatic carbocycles. The first-order chi connectivity index (χ1) is 9.07. The van der Waals surface area contributed by atoms with Crippen LogP contribution >= 0.6 is 0 Å². The van der Waals surface area contributed by atoms with Gasteiger partial charge in [0.25, 0.3) is 0 Å². The summed E-state index contributed by atoms with van der Waals surface area (Å²) in [5, 5.41) is 13.7. The van der Waals surface area contributed by atoms with E-state index in [1.807, 2.05) is 0 Å². The Bertz CT molecular complexity index is 476. The van der Waals surface area contributed by atoms with Crippen LogP contribution in [0, 0.1) is 11.6 Å². The minimum absolute atomic E-state index is 0.134. The molecular formula is C13H16F2N2O2. The second-order valence-corrected chi connectivity index (χ2v) is 4.74. The maximum Gasteiger partial charge on any atom is 0.314 e. The predicted octanol–water partition coefficient (Wildman–Crippen LogP) is 1.29. The van der Waals surface area contributed by atoms with Gasteiger partial charge in [0.1, 0.15) is 11.6 Å². The van der Waals surface area contributed by atoms with E-state index in [0.29, 0.717) is 12.1 Å². The number of hydrogen-bond acceptors (Lipinski definition) is 2. The summed E-state index contributed by atoms with van der Waals surface area (Å²) in [6.07, 6.45) is 1.52. The van der Waals surface area contributed by atoms with Crippen LogP contribution in [0.15, 0.2) is 18.2 Å². The van der Waals surface area contributed by atoms with E-state index in [9.17, 15) is 13.6 Å². The number of benzene rings is 1. The van der Waals surface area contributed by atoms with Crippen molar-refractivity contribution in [3.05, 3.63) is 35.4 Å². The molecule has 0 unspecified atom stereocenters. The number of aliphatic hydroxyl groups excluding tert-OH is 1. The fraction of sp³-hybridized carbons (Fsp3) is 0.462. The molecular weight excluding hydrogens is 254 g/mol. The fourth-order valence-electron chi connectivity index (χ4n) is 2.09. The van der Waals surface area contributed by atoms with Crippen molar-refractivity contribution in [1.82, 2.24) is 10.6 Å². The molecule has 0 saturated heterocycles. The van der Waals surface area contributed by atoms with Gasteiger partial charge >= 0.3 is 6.03 Å². The molecule has 0 spiro atoms. The first-order valence-corrected chi connectivity index (χ1v) is 6.15. The average molecular weight is 270 g/mol. The van der Waals surface area contributed by atoms with E-state index >= 15 is 0 Å². The molecule has 0 radical (unpaired) electrons. The maximum atomic E-state index is 13.7. The number of amides is 2. The SMILES string of the molecule is O=C(NCCO)NCC1(c2ccc(F)cc2F)CC1. The zero-order chi connectivity index (χ0) is 13.9. The van der Waals surface area contributed by atoms with Crippen LogP contribution in [0.3, 0.4) is 0 Å². The number of aliphatic hydroxyl groups is 1. The molecule has 19 heavy (non-hydrogen) atoms. The smallest absolute Gasteiger partial charge is 0.314 e. The van der Waals surface area contributed by atoms with Gasteiger partial charge in [0, 0.05) is 24.6 Å². The summed E-state index contributed by atoms with van der Waals surface area (Å²) in [7, 11) is 0. The zero-order valence-corrected chi connectivity index (χ0v) is 10.4. The minimum atomic E-state index is -0.606. The van der Waals surface area contributed by atoms with Gasteiger partial charge in [-0.15, -0.1) is 0 Å². The van der Waals surface area contributed by atoms with E-state index in [0.717, 1.165) is 18.9 Å². The van der Waals surface area contributed by atoms with Crippen molar-refractivity contribution < 1.29 is 18.7 Å². The summed E-state index contributed by atoms with van der Waals surface area (Å²) in [6, 6.07) is 3.12. The van der Waals surface area contributed by atoms with Crippen LogP contribution in [0.25, 0.3) is 0 Å². The van der Waals surface area contributed by atoms with E-state index in [4.69, 9.17) is 5.11 Å². The van der Waals surface area contributed by atoms with Gasteiger partial charge in [0.2, 0.25) is 0 Å². The highest BCUT2D eigenvalue weighted by atomic mass is 19.1. The normalized spacial score (nSPS) is 15.9. The molecule has 1 aliphatic carbocycles. The summed E-state index contributed by atoms with van der Waals surface area (Å²) < 4.78 is 26.6. The molecule has 0 aromatic heterocycles. The number of halogens is 2. The van der Waals surface area contributed by atoms with Gasteiger partial charge in [-0.05, 0) is 24.5 Å². The Balaban J connectivity index is 1.97. The molecule has 3 N–H and O–H groups in total. The molecule has 1 aliphatic rings. The number of nitrogens with one attached hydrogen (secondary N) is 2. The Morgan fingerprint density at radius 1 is 1.32 bits per heavy atom. The Morgan fingerprint density at radius 2 is 2.05 bits per heavy atom. The molecule has 1 fully saturated rings. The number of urea groups is 1. The van der Waals surface area contributed by atoms with E-state index in [2.05, 4.69) is 10.6 Å². The Kier molecular flexibility index (Phi) is 3.99. The van der Waals surface area contributed by atoms with Gasteiger partial charge in [-0.1, -0.05) is 6.07 Å². The first-order valence-electron chi connectivity index (χ1n) is 6.15. The summed E-state index contributed by atoms with van der Waals surface area (Å²) in [5.41, 5.74) is 0.0188. The molecule has 104 valence electrons. The van der Waals surface area contributed by atoms with Crippen molar-refractivity contribution in [2.45, 2.75) is 18.3 Å². The van der Waals surface area contributed by atoms with Crippen molar-refractivity contribution in [1.29, 1.82) is 0 Å². The number of rotatable bonds is 5. The number of carbonyl (C=O) groups excluding carboxylic acids is 1.